The number of para-hydroxylation sites is 2. The van der Waals surface area contributed by atoms with Gasteiger partial charge in [0.2, 0.25) is 0 Å². The molecule has 4 aromatic rings. The molecule has 0 bridgehead atoms. The van der Waals surface area contributed by atoms with E-state index >= 15 is 0 Å². The molecule has 6 N–H and O–H groups in total. The Morgan fingerprint density at radius 2 is 1.16 bits per heavy atom. The molecule has 0 atom stereocenters. The molecular weight excluding hydrogens is 444 g/mol. The zero-order chi connectivity index (χ0) is 22.8. The number of benzene rings is 2. The molecule has 0 aliphatic carbocycles. The first-order valence-electron chi connectivity index (χ1n) is 9.15. The molecule has 4 rings (SSSR count). The van der Waals surface area contributed by atoms with Gasteiger partial charge in [-0.15, -0.1) is 22.7 Å². The van der Waals surface area contributed by atoms with Crippen LogP contribution in [0.1, 0.15) is 30.5 Å². The SMILES string of the molecule is N#Cc1ccccc1NC(=O)c1sc2sc(C(=O)Nc3ccccc3C#N)c(N)c2c1N. The zero-order valence-electron chi connectivity index (χ0n) is 16.3. The third-order valence-corrected chi connectivity index (χ3v) is 7.12. The Hall–Kier alpha value is -4.38. The van der Waals surface area contributed by atoms with Gasteiger partial charge in [-0.05, 0) is 24.3 Å². The van der Waals surface area contributed by atoms with Gasteiger partial charge in [-0.3, -0.25) is 9.59 Å². The van der Waals surface area contributed by atoms with E-state index in [1.807, 2.05) is 12.1 Å². The first kappa shape index (κ1) is 20.9. The lowest BCUT2D eigenvalue weighted by Gasteiger charge is -2.07. The number of amides is 2. The minimum atomic E-state index is -0.466. The van der Waals surface area contributed by atoms with E-state index in [0.717, 1.165) is 22.7 Å². The van der Waals surface area contributed by atoms with Crippen LogP contribution in [0.4, 0.5) is 22.7 Å². The van der Waals surface area contributed by atoms with E-state index in [1.165, 1.54) is 0 Å². The quantitative estimate of drug-likeness (QED) is 0.355. The Kier molecular flexibility index (Phi) is 5.48. The minimum Gasteiger partial charge on any atom is -0.397 e. The molecule has 0 saturated carbocycles. The van der Waals surface area contributed by atoms with E-state index in [2.05, 4.69) is 10.6 Å². The van der Waals surface area contributed by atoms with Gasteiger partial charge in [-0.2, -0.15) is 10.5 Å². The highest BCUT2D eigenvalue weighted by molar-refractivity contribution is 7.40. The van der Waals surface area contributed by atoms with Crippen LogP contribution in [0.15, 0.2) is 48.5 Å². The summed E-state index contributed by atoms with van der Waals surface area (Å²) < 4.78 is 0.623. The maximum atomic E-state index is 12.8. The predicted octanol–water partition coefficient (Wildman–Crippen LogP) is 4.38. The van der Waals surface area contributed by atoms with Gasteiger partial charge in [-0.1, -0.05) is 24.3 Å². The van der Waals surface area contributed by atoms with Crippen molar-refractivity contribution in [2.75, 3.05) is 22.1 Å². The second-order valence-corrected chi connectivity index (χ2v) is 8.87. The molecule has 0 aliphatic heterocycles. The van der Waals surface area contributed by atoms with Gasteiger partial charge < -0.3 is 22.1 Å². The number of carbonyl (C=O) groups is 2. The van der Waals surface area contributed by atoms with Crippen LogP contribution in [0, 0.1) is 22.7 Å². The van der Waals surface area contributed by atoms with Crippen LogP contribution in [0.25, 0.3) is 9.40 Å². The molecule has 2 aromatic heterocycles. The fourth-order valence-electron chi connectivity index (χ4n) is 3.09. The van der Waals surface area contributed by atoms with E-state index in [0.29, 0.717) is 31.9 Å². The van der Waals surface area contributed by atoms with Gasteiger partial charge in [0.05, 0.1) is 43.3 Å². The van der Waals surface area contributed by atoms with Gasteiger partial charge in [0.1, 0.15) is 21.9 Å². The summed E-state index contributed by atoms with van der Waals surface area (Å²) in [6.07, 6.45) is 0. The average molecular weight is 459 g/mol. The molecule has 32 heavy (non-hydrogen) atoms. The molecule has 0 radical (unpaired) electrons. The van der Waals surface area contributed by atoms with Crippen molar-refractivity contribution in [3.05, 3.63) is 69.4 Å². The molecule has 0 fully saturated rings. The number of thiophene rings is 2. The fourth-order valence-corrected chi connectivity index (χ4v) is 5.48. The lowest BCUT2D eigenvalue weighted by molar-refractivity contribution is 0.102. The maximum absolute atomic E-state index is 12.8. The highest BCUT2D eigenvalue weighted by Gasteiger charge is 2.25. The number of nitriles is 2. The van der Waals surface area contributed by atoms with E-state index < -0.39 is 11.8 Å². The molecule has 0 unspecified atom stereocenters. The van der Waals surface area contributed by atoms with Crippen LogP contribution in [-0.4, -0.2) is 11.8 Å². The van der Waals surface area contributed by atoms with Crippen molar-refractivity contribution in [1.82, 2.24) is 0 Å². The van der Waals surface area contributed by atoms with Crippen LogP contribution in [0.2, 0.25) is 0 Å². The Morgan fingerprint density at radius 1 is 0.750 bits per heavy atom. The lowest BCUT2D eigenvalue weighted by Crippen LogP contribution is -2.14. The summed E-state index contributed by atoms with van der Waals surface area (Å²) in [5.41, 5.74) is 14.2. The van der Waals surface area contributed by atoms with Gasteiger partial charge in [0.15, 0.2) is 0 Å². The van der Waals surface area contributed by atoms with E-state index in [4.69, 9.17) is 11.5 Å². The standard InChI is InChI=1S/C22H14N6O2S2/c23-9-11-5-1-3-7-13(11)27-20(29)18-16(25)15-17(26)19(32-22(15)31-18)21(30)28-14-8-4-2-6-12(14)10-24/h1-8H,25-26H2,(H,27,29)(H,28,30). The third kappa shape index (κ3) is 3.61. The Morgan fingerprint density at radius 3 is 1.53 bits per heavy atom. The summed E-state index contributed by atoms with van der Waals surface area (Å²) in [5.74, 6) is -0.932. The fraction of sp³-hybridized carbons (Fsp3) is 0. The topological polar surface area (TPSA) is 158 Å². The van der Waals surface area contributed by atoms with Crippen molar-refractivity contribution in [3.8, 4) is 12.1 Å². The van der Waals surface area contributed by atoms with Crippen LogP contribution in [0.3, 0.4) is 0 Å². The molecule has 10 heteroatoms. The molecule has 0 saturated heterocycles. The molecule has 2 aromatic carbocycles. The summed E-state index contributed by atoms with van der Waals surface area (Å²) in [4.78, 5) is 26.0. The van der Waals surface area contributed by atoms with Crippen LogP contribution in [0.5, 0.6) is 0 Å². The number of hydrogen-bond donors (Lipinski definition) is 4. The smallest absolute Gasteiger partial charge is 0.267 e. The summed E-state index contributed by atoms with van der Waals surface area (Å²) in [5, 5.41) is 24.2. The molecule has 2 amide bonds. The number of rotatable bonds is 4. The monoisotopic (exact) mass is 458 g/mol. The number of hydrogen-bond acceptors (Lipinski definition) is 8. The Labute approximate surface area is 190 Å². The van der Waals surface area contributed by atoms with Crippen molar-refractivity contribution < 1.29 is 9.59 Å². The van der Waals surface area contributed by atoms with E-state index in [9.17, 15) is 20.1 Å². The lowest BCUT2D eigenvalue weighted by atomic mass is 10.2. The molecule has 0 spiro atoms. The van der Waals surface area contributed by atoms with Crippen LogP contribution >= 0.6 is 22.7 Å². The molecule has 2 heterocycles. The normalized spacial score (nSPS) is 10.3. The summed E-state index contributed by atoms with van der Waals surface area (Å²) in [6, 6.07) is 17.3. The van der Waals surface area contributed by atoms with Gasteiger partial charge in [0, 0.05) is 0 Å². The zero-order valence-corrected chi connectivity index (χ0v) is 17.9. The minimum absolute atomic E-state index is 0.169. The van der Waals surface area contributed by atoms with E-state index in [1.54, 1.807) is 48.5 Å². The maximum Gasteiger partial charge on any atom is 0.267 e. The van der Waals surface area contributed by atoms with Crippen LogP contribution < -0.4 is 22.1 Å². The van der Waals surface area contributed by atoms with E-state index in [-0.39, 0.29) is 21.1 Å². The number of nitrogens with zero attached hydrogens (tertiary/aromatic N) is 2. The first-order chi connectivity index (χ1) is 15.4. The van der Waals surface area contributed by atoms with Crippen molar-refractivity contribution in [1.29, 1.82) is 10.5 Å². The Balaban J connectivity index is 1.64. The largest absolute Gasteiger partial charge is 0.397 e. The third-order valence-electron chi connectivity index (χ3n) is 4.63. The number of nitrogen functional groups attached to an aromatic ring is 2. The highest BCUT2D eigenvalue weighted by Crippen LogP contribution is 2.45. The van der Waals surface area contributed by atoms with Gasteiger partial charge in [-0.25, -0.2) is 0 Å². The van der Waals surface area contributed by atoms with Crippen molar-refractivity contribution >= 4 is 66.6 Å². The number of nitrogens with two attached hydrogens (primary N) is 2. The second kappa shape index (κ2) is 8.40. The number of carbonyl (C=O) groups excluding carboxylic acids is 2. The van der Waals surface area contributed by atoms with Crippen molar-refractivity contribution in [2.45, 2.75) is 0 Å². The summed E-state index contributed by atoms with van der Waals surface area (Å²) in [7, 11) is 0. The summed E-state index contributed by atoms with van der Waals surface area (Å²) in [6.45, 7) is 0. The number of anilines is 4. The average Bonchev–Trinajstić information content (AvgIpc) is 3.31. The Bertz CT molecular complexity index is 1370. The molecule has 8 nitrogen and oxygen atoms in total. The first-order valence-corrected chi connectivity index (χ1v) is 10.8. The van der Waals surface area contributed by atoms with Crippen molar-refractivity contribution in [3.63, 3.8) is 0 Å². The second-order valence-electron chi connectivity index (χ2n) is 6.58. The van der Waals surface area contributed by atoms with Crippen LogP contribution in [-0.2, 0) is 0 Å². The van der Waals surface area contributed by atoms with Crippen molar-refractivity contribution in [2.24, 2.45) is 0 Å². The summed E-state index contributed by atoms with van der Waals surface area (Å²) >= 11 is 2.23. The molecular formula is C22H14N6O2S2. The highest BCUT2D eigenvalue weighted by atomic mass is 32.2. The number of fused-ring (bicyclic) bond motifs is 1. The predicted molar refractivity (Wildman–Crippen MR) is 127 cm³/mol. The molecule has 0 aliphatic rings. The number of nitrogens with one attached hydrogen (secondary N) is 2. The molecule has 156 valence electrons. The van der Waals surface area contributed by atoms with Gasteiger partial charge >= 0.3 is 0 Å². The van der Waals surface area contributed by atoms with Gasteiger partial charge in [0.25, 0.3) is 11.8 Å².